The molecule has 0 spiro atoms. The summed E-state index contributed by atoms with van der Waals surface area (Å²) in [5, 5.41) is 12.3. The second-order valence-electron chi connectivity index (χ2n) is 5.63. The van der Waals surface area contributed by atoms with Gasteiger partial charge in [0.15, 0.2) is 0 Å². The molecule has 0 aliphatic carbocycles. The SMILES string of the molecule is CCC(CC)n1ccc(Cn2ncnc2CNC(C)C)n1. The Hall–Kier alpha value is -1.69. The lowest BCUT2D eigenvalue weighted by molar-refractivity contribution is 0.423. The molecule has 0 aromatic carbocycles. The zero-order valence-corrected chi connectivity index (χ0v) is 13.5. The molecule has 0 saturated carbocycles. The van der Waals surface area contributed by atoms with Crippen LogP contribution >= 0.6 is 0 Å². The van der Waals surface area contributed by atoms with E-state index < -0.39 is 0 Å². The predicted octanol–water partition coefficient (Wildman–Crippen LogP) is 2.38. The van der Waals surface area contributed by atoms with Crippen molar-refractivity contribution < 1.29 is 0 Å². The van der Waals surface area contributed by atoms with Gasteiger partial charge in [-0.2, -0.15) is 10.2 Å². The summed E-state index contributed by atoms with van der Waals surface area (Å²) in [5.41, 5.74) is 1.03. The highest BCUT2D eigenvalue weighted by molar-refractivity contribution is 5.01. The molecule has 0 radical (unpaired) electrons. The molecular formula is C15H26N6. The first-order chi connectivity index (χ1) is 10.1. The van der Waals surface area contributed by atoms with Crippen LogP contribution in [0.25, 0.3) is 0 Å². The Balaban J connectivity index is 2.03. The van der Waals surface area contributed by atoms with Gasteiger partial charge in [0.25, 0.3) is 0 Å². The van der Waals surface area contributed by atoms with Gasteiger partial charge in [0.05, 0.1) is 24.8 Å². The molecule has 2 rings (SSSR count). The molecule has 1 N–H and O–H groups in total. The Morgan fingerprint density at radius 2 is 2.00 bits per heavy atom. The van der Waals surface area contributed by atoms with E-state index >= 15 is 0 Å². The van der Waals surface area contributed by atoms with Gasteiger partial charge in [-0.3, -0.25) is 4.68 Å². The van der Waals surface area contributed by atoms with Crippen molar-refractivity contribution in [2.45, 2.75) is 65.7 Å². The van der Waals surface area contributed by atoms with Crippen LogP contribution in [-0.4, -0.2) is 30.6 Å². The van der Waals surface area contributed by atoms with E-state index in [1.807, 2.05) is 4.68 Å². The van der Waals surface area contributed by atoms with E-state index in [9.17, 15) is 0 Å². The van der Waals surface area contributed by atoms with E-state index in [0.29, 0.717) is 18.6 Å². The summed E-state index contributed by atoms with van der Waals surface area (Å²) >= 11 is 0. The van der Waals surface area contributed by atoms with Crippen LogP contribution in [0.1, 0.15) is 58.1 Å². The quantitative estimate of drug-likeness (QED) is 0.811. The maximum atomic E-state index is 4.67. The number of nitrogens with zero attached hydrogens (tertiary/aromatic N) is 5. The molecular weight excluding hydrogens is 264 g/mol. The molecule has 6 heteroatoms. The van der Waals surface area contributed by atoms with Crippen molar-refractivity contribution >= 4 is 0 Å². The van der Waals surface area contributed by atoms with Gasteiger partial charge < -0.3 is 5.32 Å². The number of hydrogen-bond acceptors (Lipinski definition) is 4. The van der Waals surface area contributed by atoms with Gasteiger partial charge >= 0.3 is 0 Å². The average Bonchev–Trinajstić information content (AvgIpc) is 3.08. The van der Waals surface area contributed by atoms with Gasteiger partial charge in [-0.15, -0.1) is 0 Å². The summed E-state index contributed by atoms with van der Waals surface area (Å²) in [6, 6.07) is 2.99. The van der Waals surface area contributed by atoms with Gasteiger partial charge in [-0.1, -0.05) is 27.7 Å². The Morgan fingerprint density at radius 3 is 2.67 bits per heavy atom. The van der Waals surface area contributed by atoms with Crippen molar-refractivity contribution in [2.75, 3.05) is 0 Å². The maximum absolute atomic E-state index is 4.67. The summed E-state index contributed by atoms with van der Waals surface area (Å²) in [6.07, 6.45) is 5.88. The number of rotatable bonds is 8. The van der Waals surface area contributed by atoms with Crippen molar-refractivity contribution in [2.24, 2.45) is 0 Å². The molecule has 21 heavy (non-hydrogen) atoms. The molecule has 2 aromatic heterocycles. The largest absolute Gasteiger partial charge is 0.308 e. The molecule has 0 fully saturated rings. The molecule has 6 nitrogen and oxygen atoms in total. The highest BCUT2D eigenvalue weighted by Gasteiger charge is 2.10. The Bertz CT molecular complexity index is 538. The van der Waals surface area contributed by atoms with Gasteiger partial charge in [0.1, 0.15) is 12.2 Å². The molecule has 0 atom stereocenters. The standard InChI is InChI=1S/C15H26N6/c1-5-14(6-2)20-8-7-13(19-20)10-21-15(17-11-18-21)9-16-12(3)4/h7-8,11-12,14,16H,5-6,9-10H2,1-4H3. The Labute approximate surface area is 126 Å². The van der Waals surface area contributed by atoms with E-state index in [1.165, 1.54) is 0 Å². The van der Waals surface area contributed by atoms with Crippen molar-refractivity contribution in [3.05, 3.63) is 30.1 Å². The lowest BCUT2D eigenvalue weighted by atomic mass is 10.2. The highest BCUT2D eigenvalue weighted by Crippen LogP contribution is 2.14. The minimum absolute atomic E-state index is 0.434. The molecule has 0 saturated heterocycles. The molecule has 0 amide bonds. The fourth-order valence-corrected chi connectivity index (χ4v) is 2.33. The molecule has 0 bridgehead atoms. The monoisotopic (exact) mass is 290 g/mol. The summed E-state index contributed by atoms with van der Waals surface area (Å²) in [5.74, 6) is 0.945. The summed E-state index contributed by atoms with van der Waals surface area (Å²) in [7, 11) is 0. The van der Waals surface area contributed by atoms with E-state index in [0.717, 1.165) is 30.9 Å². The van der Waals surface area contributed by atoms with Gasteiger partial charge in [-0.05, 0) is 18.9 Å². The zero-order valence-electron chi connectivity index (χ0n) is 13.5. The average molecular weight is 290 g/mol. The Kier molecular flexibility index (Phi) is 5.50. The molecule has 0 unspecified atom stereocenters. The first kappa shape index (κ1) is 15.7. The van der Waals surface area contributed by atoms with Crippen molar-refractivity contribution in [3.8, 4) is 0 Å². The van der Waals surface area contributed by atoms with Crippen molar-refractivity contribution in [3.63, 3.8) is 0 Å². The first-order valence-electron chi connectivity index (χ1n) is 7.78. The predicted molar refractivity (Wildman–Crippen MR) is 82.9 cm³/mol. The lowest BCUT2D eigenvalue weighted by Crippen LogP contribution is -2.24. The van der Waals surface area contributed by atoms with Crippen molar-refractivity contribution in [1.29, 1.82) is 0 Å². The second kappa shape index (κ2) is 7.36. The molecule has 0 aliphatic rings. The van der Waals surface area contributed by atoms with Crippen LogP contribution in [-0.2, 0) is 13.1 Å². The smallest absolute Gasteiger partial charge is 0.141 e. The topological polar surface area (TPSA) is 60.6 Å². The molecule has 116 valence electrons. The number of hydrogen-bond donors (Lipinski definition) is 1. The van der Waals surface area contributed by atoms with Crippen LogP contribution in [0.15, 0.2) is 18.6 Å². The third-order valence-electron chi connectivity index (χ3n) is 3.66. The summed E-state index contributed by atoms with van der Waals surface area (Å²) in [4.78, 5) is 4.31. The second-order valence-corrected chi connectivity index (χ2v) is 5.63. The van der Waals surface area contributed by atoms with Crippen LogP contribution in [0.2, 0.25) is 0 Å². The molecule has 2 heterocycles. The zero-order chi connectivity index (χ0) is 15.2. The van der Waals surface area contributed by atoms with Crippen LogP contribution in [0.4, 0.5) is 0 Å². The normalized spacial score (nSPS) is 11.7. The molecule has 0 aliphatic heterocycles. The number of aromatic nitrogens is 5. The molecule has 2 aromatic rings. The van der Waals surface area contributed by atoms with Crippen LogP contribution < -0.4 is 5.32 Å². The van der Waals surface area contributed by atoms with E-state index in [2.05, 4.69) is 65.1 Å². The third-order valence-corrected chi connectivity index (χ3v) is 3.66. The van der Waals surface area contributed by atoms with Crippen LogP contribution in [0.3, 0.4) is 0 Å². The first-order valence-corrected chi connectivity index (χ1v) is 7.78. The van der Waals surface area contributed by atoms with Crippen LogP contribution in [0, 0.1) is 0 Å². The van der Waals surface area contributed by atoms with Gasteiger partial charge in [0.2, 0.25) is 0 Å². The third kappa shape index (κ3) is 4.14. The van der Waals surface area contributed by atoms with E-state index in [1.54, 1.807) is 6.33 Å². The fraction of sp³-hybridized carbons (Fsp3) is 0.667. The summed E-state index contributed by atoms with van der Waals surface area (Å²) in [6.45, 7) is 10.0. The van der Waals surface area contributed by atoms with Gasteiger partial charge in [-0.25, -0.2) is 9.67 Å². The van der Waals surface area contributed by atoms with Crippen molar-refractivity contribution in [1.82, 2.24) is 29.9 Å². The minimum Gasteiger partial charge on any atom is -0.308 e. The Morgan fingerprint density at radius 1 is 1.24 bits per heavy atom. The van der Waals surface area contributed by atoms with Crippen LogP contribution in [0.5, 0.6) is 0 Å². The lowest BCUT2D eigenvalue weighted by Gasteiger charge is -2.12. The summed E-state index contributed by atoms with van der Waals surface area (Å²) < 4.78 is 3.98. The minimum atomic E-state index is 0.434. The highest BCUT2D eigenvalue weighted by atomic mass is 15.4. The maximum Gasteiger partial charge on any atom is 0.141 e. The van der Waals surface area contributed by atoms with E-state index in [4.69, 9.17) is 0 Å². The number of nitrogens with one attached hydrogen (secondary N) is 1. The fourth-order valence-electron chi connectivity index (χ4n) is 2.33. The van der Waals surface area contributed by atoms with E-state index in [-0.39, 0.29) is 0 Å². The van der Waals surface area contributed by atoms with Gasteiger partial charge in [0, 0.05) is 12.2 Å².